The number of hydrogen-bond acceptors (Lipinski definition) is 4. The molecule has 150 valence electrons. The van der Waals surface area contributed by atoms with E-state index in [0.29, 0.717) is 12.4 Å². The van der Waals surface area contributed by atoms with Gasteiger partial charge in [-0.05, 0) is 41.8 Å². The molecule has 0 radical (unpaired) electrons. The van der Waals surface area contributed by atoms with E-state index in [-0.39, 0.29) is 29.7 Å². The molecule has 2 aromatic carbocycles. The smallest absolute Gasteiger partial charge is 0.232 e. The number of carbonyl (C=O) groups excluding carboxylic acids is 1. The molecule has 1 aliphatic rings. The summed E-state index contributed by atoms with van der Waals surface area (Å²) >= 11 is 0. The Hall–Kier alpha value is -3.22. The Morgan fingerprint density at radius 3 is 2.31 bits per heavy atom. The van der Waals surface area contributed by atoms with Gasteiger partial charge in [0, 0.05) is 5.92 Å². The van der Waals surface area contributed by atoms with Gasteiger partial charge < -0.3 is 4.74 Å². The lowest BCUT2D eigenvalue weighted by molar-refractivity contribution is -0.122. The molecule has 2 heterocycles. The molecule has 1 aliphatic heterocycles. The SMILES string of the molecule is COc1ccc([C@H]2C[C@@H](c3ccc(F)cc3)n3ncnc3N2C(=O)C(C)C)cc1. The first-order chi connectivity index (χ1) is 14.0. The molecule has 1 aromatic heterocycles. The lowest BCUT2D eigenvalue weighted by Gasteiger charge is -2.40. The molecule has 0 fully saturated rings. The number of rotatable bonds is 4. The molecule has 0 aliphatic carbocycles. The second-order valence-corrected chi connectivity index (χ2v) is 7.46. The Kier molecular flexibility index (Phi) is 5.05. The summed E-state index contributed by atoms with van der Waals surface area (Å²) in [7, 11) is 1.62. The number of benzene rings is 2. The molecule has 0 saturated heterocycles. The van der Waals surface area contributed by atoms with E-state index >= 15 is 0 Å². The zero-order valence-corrected chi connectivity index (χ0v) is 16.6. The van der Waals surface area contributed by atoms with E-state index in [1.165, 1.54) is 18.5 Å². The number of methoxy groups -OCH3 is 1. The lowest BCUT2D eigenvalue weighted by atomic mass is 9.91. The van der Waals surface area contributed by atoms with Gasteiger partial charge >= 0.3 is 0 Å². The minimum atomic E-state index is -0.285. The van der Waals surface area contributed by atoms with Gasteiger partial charge in [0.05, 0.1) is 19.2 Å². The molecule has 4 rings (SSSR count). The van der Waals surface area contributed by atoms with Crippen molar-refractivity contribution in [2.75, 3.05) is 12.0 Å². The Bertz CT molecular complexity index is 998. The molecule has 0 unspecified atom stereocenters. The number of halogens is 1. The van der Waals surface area contributed by atoms with Crippen molar-refractivity contribution in [3.63, 3.8) is 0 Å². The van der Waals surface area contributed by atoms with E-state index < -0.39 is 0 Å². The molecule has 0 N–H and O–H groups in total. The highest BCUT2D eigenvalue weighted by molar-refractivity contribution is 5.94. The quantitative estimate of drug-likeness (QED) is 0.667. The molecule has 3 aromatic rings. The standard InChI is InChI=1S/C22H23FN4O2/c1-14(2)21(28)26-19(15-6-10-18(29-3)11-7-15)12-20(27-22(26)24-13-25-27)16-4-8-17(23)9-5-16/h4-11,13-14,19-20H,12H2,1-3H3/t19-,20+/m1/s1. The third-order valence-corrected chi connectivity index (χ3v) is 5.31. The molecule has 0 bridgehead atoms. The highest BCUT2D eigenvalue weighted by Gasteiger charge is 2.39. The van der Waals surface area contributed by atoms with Crippen molar-refractivity contribution in [1.29, 1.82) is 0 Å². The summed E-state index contributed by atoms with van der Waals surface area (Å²) in [4.78, 5) is 19.3. The van der Waals surface area contributed by atoms with E-state index in [9.17, 15) is 9.18 Å². The van der Waals surface area contributed by atoms with E-state index in [1.807, 2.05) is 38.1 Å². The average Bonchev–Trinajstić information content (AvgIpc) is 3.22. The summed E-state index contributed by atoms with van der Waals surface area (Å²) in [5.74, 6) is 0.766. The summed E-state index contributed by atoms with van der Waals surface area (Å²) in [5.41, 5.74) is 1.91. The Morgan fingerprint density at radius 2 is 1.69 bits per heavy atom. The molecule has 29 heavy (non-hydrogen) atoms. The van der Waals surface area contributed by atoms with Gasteiger partial charge in [-0.15, -0.1) is 0 Å². The fraction of sp³-hybridized carbons (Fsp3) is 0.318. The van der Waals surface area contributed by atoms with Gasteiger partial charge in [-0.25, -0.2) is 9.07 Å². The molecule has 7 heteroatoms. The highest BCUT2D eigenvalue weighted by atomic mass is 19.1. The molecule has 1 amide bonds. The topological polar surface area (TPSA) is 60.2 Å². The summed E-state index contributed by atoms with van der Waals surface area (Å²) < 4.78 is 20.5. The van der Waals surface area contributed by atoms with Crippen LogP contribution < -0.4 is 9.64 Å². The van der Waals surface area contributed by atoms with Crippen molar-refractivity contribution in [1.82, 2.24) is 14.8 Å². The number of amides is 1. The van der Waals surface area contributed by atoms with E-state index in [1.54, 1.807) is 28.8 Å². The van der Waals surface area contributed by atoms with Crippen LogP contribution in [0.4, 0.5) is 10.3 Å². The van der Waals surface area contributed by atoms with Crippen LogP contribution in [0, 0.1) is 11.7 Å². The first kappa shape index (κ1) is 19.1. The minimum absolute atomic E-state index is 0.0161. The van der Waals surface area contributed by atoms with Gasteiger partial charge in [-0.3, -0.25) is 9.69 Å². The lowest BCUT2D eigenvalue weighted by Crippen LogP contribution is -2.44. The van der Waals surface area contributed by atoms with Crippen molar-refractivity contribution in [2.45, 2.75) is 32.4 Å². The van der Waals surface area contributed by atoms with Crippen LogP contribution in [0.3, 0.4) is 0 Å². The number of aromatic nitrogens is 3. The molecular weight excluding hydrogens is 371 g/mol. The third-order valence-electron chi connectivity index (χ3n) is 5.31. The first-order valence-electron chi connectivity index (χ1n) is 9.61. The summed E-state index contributed by atoms with van der Waals surface area (Å²) in [5, 5.41) is 4.38. The highest BCUT2D eigenvalue weighted by Crippen LogP contribution is 2.42. The molecule has 0 spiro atoms. The van der Waals surface area contributed by atoms with E-state index in [2.05, 4.69) is 10.1 Å². The van der Waals surface area contributed by atoms with Crippen molar-refractivity contribution in [3.05, 3.63) is 71.8 Å². The van der Waals surface area contributed by atoms with Crippen LogP contribution in [0.5, 0.6) is 5.75 Å². The van der Waals surface area contributed by atoms with Crippen LogP contribution in [0.15, 0.2) is 54.9 Å². The van der Waals surface area contributed by atoms with Crippen molar-refractivity contribution in [2.24, 2.45) is 5.92 Å². The Morgan fingerprint density at radius 1 is 1.07 bits per heavy atom. The predicted molar refractivity (Wildman–Crippen MR) is 107 cm³/mol. The van der Waals surface area contributed by atoms with Gasteiger partial charge in [0.15, 0.2) is 0 Å². The monoisotopic (exact) mass is 394 g/mol. The van der Waals surface area contributed by atoms with Crippen molar-refractivity contribution in [3.8, 4) is 5.75 Å². The van der Waals surface area contributed by atoms with E-state index in [4.69, 9.17) is 4.74 Å². The average molecular weight is 394 g/mol. The Balaban J connectivity index is 1.82. The molecule has 2 atom stereocenters. The van der Waals surface area contributed by atoms with Gasteiger partial charge in [-0.2, -0.15) is 10.1 Å². The number of nitrogens with zero attached hydrogens (tertiary/aromatic N) is 4. The summed E-state index contributed by atoms with van der Waals surface area (Å²) in [6.07, 6.45) is 2.07. The second-order valence-electron chi connectivity index (χ2n) is 7.46. The van der Waals surface area contributed by atoms with Crippen LogP contribution in [-0.2, 0) is 4.79 Å². The van der Waals surface area contributed by atoms with Crippen molar-refractivity contribution >= 4 is 11.9 Å². The van der Waals surface area contributed by atoms with Gasteiger partial charge in [0.25, 0.3) is 0 Å². The largest absolute Gasteiger partial charge is 0.497 e. The van der Waals surface area contributed by atoms with E-state index in [0.717, 1.165) is 16.9 Å². The van der Waals surface area contributed by atoms with Crippen LogP contribution in [-0.4, -0.2) is 27.8 Å². The third kappa shape index (κ3) is 3.48. The van der Waals surface area contributed by atoms with Crippen LogP contribution in [0.1, 0.15) is 43.5 Å². The number of anilines is 1. The zero-order valence-electron chi connectivity index (χ0n) is 16.6. The van der Waals surface area contributed by atoms with Gasteiger partial charge in [-0.1, -0.05) is 38.1 Å². The summed E-state index contributed by atoms with van der Waals surface area (Å²) in [6, 6.07) is 13.8. The minimum Gasteiger partial charge on any atom is -0.497 e. The molecular formula is C22H23FN4O2. The maximum absolute atomic E-state index is 13.5. The number of carbonyl (C=O) groups is 1. The van der Waals surface area contributed by atoms with Crippen LogP contribution in [0.2, 0.25) is 0 Å². The predicted octanol–water partition coefficient (Wildman–Crippen LogP) is 4.15. The fourth-order valence-corrected chi connectivity index (χ4v) is 3.80. The number of ether oxygens (including phenoxy) is 1. The maximum atomic E-state index is 13.5. The fourth-order valence-electron chi connectivity index (χ4n) is 3.80. The molecule has 6 nitrogen and oxygen atoms in total. The summed E-state index contributed by atoms with van der Waals surface area (Å²) in [6.45, 7) is 3.75. The number of hydrogen-bond donors (Lipinski definition) is 0. The molecule has 0 saturated carbocycles. The van der Waals surface area contributed by atoms with Crippen molar-refractivity contribution < 1.29 is 13.9 Å². The van der Waals surface area contributed by atoms with Gasteiger partial charge in [0.1, 0.15) is 17.9 Å². The van der Waals surface area contributed by atoms with Gasteiger partial charge in [0.2, 0.25) is 11.9 Å². The van der Waals surface area contributed by atoms with Crippen LogP contribution >= 0.6 is 0 Å². The van der Waals surface area contributed by atoms with Crippen LogP contribution in [0.25, 0.3) is 0 Å². The first-order valence-corrected chi connectivity index (χ1v) is 9.61. The second kappa shape index (κ2) is 7.66. The zero-order chi connectivity index (χ0) is 20.5. The number of fused-ring (bicyclic) bond motifs is 1. The maximum Gasteiger partial charge on any atom is 0.232 e. The normalized spacial score (nSPS) is 18.6. The Labute approximate surface area is 168 Å².